The molecule has 21 heavy (non-hydrogen) atoms. The summed E-state index contributed by atoms with van der Waals surface area (Å²) >= 11 is 16.8. The van der Waals surface area contributed by atoms with Crippen LogP contribution in [0.15, 0.2) is 42.5 Å². The van der Waals surface area contributed by atoms with E-state index in [4.69, 9.17) is 41.2 Å². The molecule has 2 aromatic rings. The van der Waals surface area contributed by atoms with Gasteiger partial charge in [0, 0.05) is 10.6 Å². The van der Waals surface area contributed by atoms with E-state index in [1.54, 1.807) is 36.4 Å². The lowest BCUT2D eigenvalue weighted by Gasteiger charge is -2.09. The average molecular weight is 339 g/mol. The molecule has 3 nitrogen and oxygen atoms in total. The summed E-state index contributed by atoms with van der Waals surface area (Å²) in [4.78, 5) is 12.3. The number of nitrogens with two attached hydrogens (primary N) is 1. The highest BCUT2D eigenvalue weighted by Crippen LogP contribution is 2.23. The molecule has 6 heteroatoms. The van der Waals surface area contributed by atoms with Crippen LogP contribution in [0.25, 0.3) is 0 Å². The number of rotatable bonds is 4. The maximum atomic E-state index is 12.0. The van der Waals surface area contributed by atoms with E-state index in [9.17, 15) is 4.79 Å². The van der Waals surface area contributed by atoms with Gasteiger partial charge in [-0.3, -0.25) is 4.79 Å². The summed E-state index contributed by atoms with van der Waals surface area (Å²) in [6, 6.07) is 12.2. The molecule has 0 bridgehead atoms. The van der Waals surface area contributed by atoms with Gasteiger partial charge in [-0.2, -0.15) is 0 Å². The van der Waals surface area contributed by atoms with Crippen LogP contribution < -0.4 is 11.1 Å². The standard InChI is InChI=1S/C15H12Cl2N2OS/c16-11-3-1-2-9(6-11)7-14(20)19-13-5-4-10(15(18)21)8-12(13)17/h1-6,8H,7H2,(H2,18,21)(H,19,20). The number of benzene rings is 2. The SMILES string of the molecule is NC(=S)c1ccc(NC(=O)Cc2cccc(Cl)c2)c(Cl)c1. The molecule has 0 spiro atoms. The van der Waals surface area contributed by atoms with E-state index in [-0.39, 0.29) is 17.3 Å². The summed E-state index contributed by atoms with van der Waals surface area (Å²) in [5.74, 6) is -0.178. The fraction of sp³-hybridized carbons (Fsp3) is 0.0667. The predicted octanol–water partition coefficient (Wildman–Crippen LogP) is 3.81. The summed E-state index contributed by atoms with van der Waals surface area (Å²) in [5, 5.41) is 3.73. The number of amides is 1. The second kappa shape index (κ2) is 6.89. The number of hydrogen-bond donors (Lipinski definition) is 2. The molecular weight excluding hydrogens is 327 g/mol. The molecule has 0 aliphatic carbocycles. The third-order valence-electron chi connectivity index (χ3n) is 2.78. The number of anilines is 1. The van der Waals surface area contributed by atoms with Gasteiger partial charge in [-0.15, -0.1) is 0 Å². The molecule has 0 aromatic heterocycles. The van der Waals surface area contributed by atoms with Gasteiger partial charge in [0.15, 0.2) is 0 Å². The summed E-state index contributed by atoms with van der Waals surface area (Å²) < 4.78 is 0. The molecule has 0 radical (unpaired) electrons. The first-order valence-corrected chi connectivity index (χ1v) is 7.26. The van der Waals surface area contributed by atoms with E-state index < -0.39 is 0 Å². The highest BCUT2D eigenvalue weighted by molar-refractivity contribution is 7.80. The van der Waals surface area contributed by atoms with Gasteiger partial charge >= 0.3 is 0 Å². The van der Waals surface area contributed by atoms with E-state index >= 15 is 0 Å². The quantitative estimate of drug-likeness (QED) is 0.833. The fourth-order valence-corrected chi connectivity index (χ4v) is 2.36. The van der Waals surface area contributed by atoms with Gasteiger partial charge in [0.05, 0.1) is 17.1 Å². The van der Waals surface area contributed by atoms with Crippen LogP contribution in [0.2, 0.25) is 10.0 Å². The molecule has 2 aromatic carbocycles. The molecule has 108 valence electrons. The molecule has 0 fully saturated rings. The van der Waals surface area contributed by atoms with E-state index in [1.165, 1.54) is 0 Å². The molecule has 2 rings (SSSR count). The minimum atomic E-state index is -0.178. The van der Waals surface area contributed by atoms with E-state index in [2.05, 4.69) is 5.32 Å². The Labute approximate surface area is 138 Å². The Morgan fingerprint density at radius 2 is 1.95 bits per heavy atom. The van der Waals surface area contributed by atoms with Crippen molar-refractivity contribution in [2.45, 2.75) is 6.42 Å². The number of carbonyl (C=O) groups is 1. The fourth-order valence-electron chi connectivity index (χ4n) is 1.80. The summed E-state index contributed by atoms with van der Waals surface area (Å²) in [6.07, 6.45) is 0.216. The van der Waals surface area contributed by atoms with Crippen LogP contribution in [-0.4, -0.2) is 10.9 Å². The molecule has 0 aliphatic heterocycles. The Bertz CT molecular complexity index is 704. The highest BCUT2D eigenvalue weighted by Gasteiger charge is 2.08. The maximum absolute atomic E-state index is 12.0. The lowest BCUT2D eigenvalue weighted by molar-refractivity contribution is -0.115. The second-order valence-corrected chi connectivity index (χ2v) is 5.70. The Morgan fingerprint density at radius 1 is 1.19 bits per heavy atom. The van der Waals surface area contributed by atoms with Crippen molar-refractivity contribution >= 4 is 52.0 Å². The van der Waals surface area contributed by atoms with Crippen LogP contribution in [0.3, 0.4) is 0 Å². The molecule has 0 atom stereocenters. The molecule has 0 saturated carbocycles. The smallest absolute Gasteiger partial charge is 0.228 e. The first-order chi connectivity index (χ1) is 9.95. The first kappa shape index (κ1) is 15.8. The zero-order chi connectivity index (χ0) is 15.4. The van der Waals surface area contributed by atoms with Crippen LogP contribution in [0.4, 0.5) is 5.69 Å². The first-order valence-electron chi connectivity index (χ1n) is 6.09. The lowest BCUT2D eigenvalue weighted by atomic mass is 10.1. The predicted molar refractivity (Wildman–Crippen MR) is 91.1 cm³/mol. The van der Waals surface area contributed by atoms with Crippen molar-refractivity contribution in [3.8, 4) is 0 Å². The molecule has 0 saturated heterocycles. The van der Waals surface area contributed by atoms with Crippen molar-refractivity contribution in [3.63, 3.8) is 0 Å². The molecule has 3 N–H and O–H groups in total. The summed E-state index contributed by atoms with van der Waals surface area (Å²) in [7, 11) is 0. The number of carbonyl (C=O) groups excluding carboxylic acids is 1. The van der Waals surface area contributed by atoms with Crippen LogP contribution in [0, 0.1) is 0 Å². The van der Waals surface area contributed by atoms with Crippen molar-refractivity contribution in [1.29, 1.82) is 0 Å². The molecular formula is C15H12Cl2N2OS. The van der Waals surface area contributed by atoms with E-state index in [1.807, 2.05) is 6.07 Å². The van der Waals surface area contributed by atoms with Gasteiger partial charge in [-0.25, -0.2) is 0 Å². The van der Waals surface area contributed by atoms with Gasteiger partial charge in [-0.05, 0) is 35.9 Å². The zero-order valence-corrected chi connectivity index (χ0v) is 13.2. The minimum absolute atomic E-state index is 0.178. The molecule has 0 aliphatic rings. The average Bonchev–Trinajstić information content (AvgIpc) is 2.40. The topological polar surface area (TPSA) is 55.1 Å². The van der Waals surface area contributed by atoms with Gasteiger partial charge < -0.3 is 11.1 Å². The van der Waals surface area contributed by atoms with Gasteiger partial charge in [0.25, 0.3) is 0 Å². The van der Waals surface area contributed by atoms with Crippen LogP contribution in [0.1, 0.15) is 11.1 Å². The Kier molecular flexibility index (Phi) is 5.17. The normalized spacial score (nSPS) is 10.2. The Balaban J connectivity index is 2.08. The van der Waals surface area contributed by atoms with Crippen molar-refractivity contribution in [2.75, 3.05) is 5.32 Å². The van der Waals surface area contributed by atoms with Crippen molar-refractivity contribution in [2.24, 2.45) is 5.73 Å². The third-order valence-corrected chi connectivity index (χ3v) is 3.56. The number of hydrogen-bond acceptors (Lipinski definition) is 2. The molecule has 0 unspecified atom stereocenters. The van der Waals surface area contributed by atoms with Gasteiger partial charge in [0.2, 0.25) is 5.91 Å². The Hall–Kier alpha value is -1.62. The zero-order valence-electron chi connectivity index (χ0n) is 10.9. The number of nitrogens with one attached hydrogen (secondary N) is 1. The third kappa shape index (κ3) is 4.43. The maximum Gasteiger partial charge on any atom is 0.228 e. The van der Waals surface area contributed by atoms with Gasteiger partial charge in [-0.1, -0.05) is 47.6 Å². The van der Waals surface area contributed by atoms with Crippen molar-refractivity contribution in [1.82, 2.24) is 0 Å². The monoisotopic (exact) mass is 338 g/mol. The molecule has 1 amide bonds. The second-order valence-electron chi connectivity index (χ2n) is 4.41. The lowest BCUT2D eigenvalue weighted by Crippen LogP contribution is -2.15. The van der Waals surface area contributed by atoms with Crippen molar-refractivity contribution < 1.29 is 4.79 Å². The molecule has 0 heterocycles. The summed E-state index contributed by atoms with van der Waals surface area (Å²) in [6.45, 7) is 0. The Morgan fingerprint density at radius 3 is 2.57 bits per heavy atom. The van der Waals surface area contributed by atoms with E-state index in [0.717, 1.165) is 5.56 Å². The minimum Gasteiger partial charge on any atom is -0.389 e. The number of halogens is 2. The number of thiocarbonyl (C=S) groups is 1. The summed E-state index contributed by atoms with van der Waals surface area (Å²) in [5.41, 5.74) is 7.53. The van der Waals surface area contributed by atoms with Crippen LogP contribution in [-0.2, 0) is 11.2 Å². The van der Waals surface area contributed by atoms with Crippen LogP contribution in [0.5, 0.6) is 0 Å². The largest absolute Gasteiger partial charge is 0.389 e. The highest BCUT2D eigenvalue weighted by atomic mass is 35.5. The van der Waals surface area contributed by atoms with Crippen molar-refractivity contribution in [3.05, 3.63) is 63.6 Å². The van der Waals surface area contributed by atoms with Gasteiger partial charge in [0.1, 0.15) is 4.99 Å². The van der Waals surface area contributed by atoms with E-state index in [0.29, 0.717) is 21.3 Å². The van der Waals surface area contributed by atoms with Crippen LogP contribution >= 0.6 is 35.4 Å².